The Morgan fingerprint density at radius 1 is 1.18 bits per heavy atom. The molecule has 1 N–H and O–H groups in total. The molecule has 1 saturated heterocycles. The number of carbonyl (C=O) groups is 2. The number of benzene rings is 2. The molecular weight excluding hydrogens is 424 g/mol. The number of fused-ring (bicyclic) bond motifs is 1. The molecule has 5 rings (SSSR count). The number of nitrogens with one attached hydrogen (secondary N) is 1. The molecule has 33 heavy (non-hydrogen) atoms. The van der Waals surface area contributed by atoms with Gasteiger partial charge in [0.1, 0.15) is 17.6 Å². The van der Waals surface area contributed by atoms with Crippen molar-refractivity contribution < 1.29 is 23.8 Å². The number of ether oxygens (including phenoxy) is 3. The first-order valence-corrected chi connectivity index (χ1v) is 10.6. The van der Waals surface area contributed by atoms with Crippen LogP contribution in [0.15, 0.2) is 54.9 Å². The summed E-state index contributed by atoms with van der Waals surface area (Å²) in [4.78, 5) is 32.1. The predicted octanol–water partition coefficient (Wildman–Crippen LogP) is 2.42. The Balaban J connectivity index is 1.35. The minimum absolute atomic E-state index is 0.105. The number of methoxy groups -OCH3 is 1. The summed E-state index contributed by atoms with van der Waals surface area (Å²) in [7, 11) is 3.49. The van der Waals surface area contributed by atoms with Gasteiger partial charge in [0.25, 0.3) is 0 Å². The average molecular weight is 448 g/mol. The second-order valence-corrected chi connectivity index (χ2v) is 8.05. The summed E-state index contributed by atoms with van der Waals surface area (Å²) in [6, 6.07) is 12.4. The van der Waals surface area contributed by atoms with E-state index in [1.54, 1.807) is 36.4 Å². The molecule has 2 aliphatic heterocycles. The van der Waals surface area contributed by atoms with E-state index in [0.717, 1.165) is 11.3 Å². The van der Waals surface area contributed by atoms with E-state index >= 15 is 0 Å². The molecule has 9 heteroatoms. The fourth-order valence-corrected chi connectivity index (χ4v) is 4.19. The van der Waals surface area contributed by atoms with Gasteiger partial charge in [-0.3, -0.25) is 9.59 Å². The third-order valence-corrected chi connectivity index (χ3v) is 6.02. The molecule has 1 fully saturated rings. The third kappa shape index (κ3) is 3.97. The van der Waals surface area contributed by atoms with Crippen molar-refractivity contribution in [2.24, 2.45) is 13.0 Å². The summed E-state index contributed by atoms with van der Waals surface area (Å²) in [6.45, 7) is 0.456. The molecule has 0 aliphatic carbocycles. The lowest BCUT2D eigenvalue weighted by molar-refractivity contribution is -0.126. The highest BCUT2D eigenvalue weighted by Crippen LogP contribution is 2.37. The van der Waals surface area contributed by atoms with Crippen LogP contribution in [0.2, 0.25) is 0 Å². The normalized spacial score (nSPS) is 17.8. The van der Waals surface area contributed by atoms with Crippen LogP contribution in [0.4, 0.5) is 5.69 Å². The number of hydrogen-bond donors (Lipinski definition) is 1. The van der Waals surface area contributed by atoms with E-state index < -0.39 is 12.0 Å². The fraction of sp³-hybridized carbons (Fsp3) is 0.292. The van der Waals surface area contributed by atoms with Crippen LogP contribution in [0.25, 0.3) is 0 Å². The van der Waals surface area contributed by atoms with Crippen molar-refractivity contribution in [1.29, 1.82) is 0 Å². The molecule has 2 atom stereocenters. The molecule has 170 valence electrons. The molecule has 0 saturated carbocycles. The molecule has 2 amide bonds. The topological polar surface area (TPSA) is 94.9 Å². The number of amides is 2. The molecule has 2 aromatic carbocycles. The highest BCUT2D eigenvalue weighted by atomic mass is 16.7. The van der Waals surface area contributed by atoms with Gasteiger partial charge in [-0.25, -0.2) is 4.98 Å². The van der Waals surface area contributed by atoms with Gasteiger partial charge in [-0.15, -0.1) is 0 Å². The maximum atomic E-state index is 13.3. The highest BCUT2D eigenvalue weighted by molar-refractivity contribution is 6.00. The van der Waals surface area contributed by atoms with Gasteiger partial charge in [0.2, 0.25) is 18.6 Å². The molecule has 1 aromatic heterocycles. The number of rotatable bonds is 6. The number of aryl methyl sites for hydroxylation is 1. The van der Waals surface area contributed by atoms with Gasteiger partial charge < -0.3 is 29.0 Å². The van der Waals surface area contributed by atoms with Crippen LogP contribution in [0.5, 0.6) is 17.2 Å². The van der Waals surface area contributed by atoms with Crippen molar-refractivity contribution in [2.45, 2.75) is 12.5 Å². The first-order valence-electron chi connectivity index (χ1n) is 10.6. The maximum Gasteiger partial charge on any atom is 0.231 e. The minimum atomic E-state index is -0.482. The van der Waals surface area contributed by atoms with Crippen LogP contribution in [0, 0.1) is 5.92 Å². The van der Waals surface area contributed by atoms with Gasteiger partial charge >= 0.3 is 0 Å². The number of hydrogen-bond acceptors (Lipinski definition) is 6. The van der Waals surface area contributed by atoms with Crippen LogP contribution in [-0.4, -0.2) is 41.8 Å². The largest absolute Gasteiger partial charge is 0.497 e. The van der Waals surface area contributed by atoms with E-state index in [9.17, 15) is 9.59 Å². The Bertz CT molecular complexity index is 1190. The number of imidazole rings is 1. The van der Waals surface area contributed by atoms with Crippen molar-refractivity contribution in [3.05, 3.63) is 66.2 Å². The van der Waals surface area contributed by atoms with Crippen molar-refractivity contribution >= 4 is 17.5 Å². The lowest BCUT2D eigenvalue weighted by Crippen LogP contribution is -2.37. The zero-order valence-electron chi connectivity index (χ0n) is 18.4. The lowest BCUT2D eigenvalue weighted by atomic mass is 10.0. The summed E-state index contributed by atoms with van der Waals surface area (Å²) in [5.74, 6) is 1.89. The maximum absolute atomic E-state index is 13.3. The van der Waals surface area contributed by atoms with E-state index in [1.165, 1.54) is 0 Å². The van der Waals surface area contributed by atoms with E-state index in [-0.39, 0.29) is 25.0 Å². The first kappa shape index (κ1) is 20.9. The molecule has 0 spiro atoms. The number of carbonyl (C=O) groups excluding carboxylic acids is 2. The van der Waals surface area contributed by atoms with Gasteiger partial charge in [-0.05, 0) is 29.8 Å². The Hall–Kier alpha value is -4.01. The Labute approximate surface area is 190 Å². The molecule has 9 nitrogen and oxygen atoms in total. The van der Waals surface area contributed by atoms with Gasteiger partial charge in [0.15, 0.2) is 11.5 Å². The van der Waals surface area contributed by atoms with Crippen LogP contribution in [-0.2, 0) is 16.6 Å². The zero-order valence-corrected chi connectivity index (χ0v) is 18.4. The van der Waals surface area contributed by atoms with Gasteiger partial charge in [-0.1, -0.05) is 12.1 Å². The van der Waals surface area contributed by atoms with Crippen LogP contribution in [0.1, 0.15) is 23.9 Å². The van der Waals surface area contributed by atoms with Crippen LogP contribution in [0.3, 0.4) is 0 Å². The second kappa shape index (κ2) is 8.50. The third-order valence-electron chi connectivity index (χ3n) is 6.02. The minimum Gasteiger partial charge on any atom is -0.497 e. The summed E-state index contributed by atoms with van der Waals surface area (Å²) in [5, 5.41) is 3.10. The molecule has 3 heterocycles. The molecule has 0 bridgehead atoms. The van der Waals surface area contributed by atoms with E-state index in [1.807, 2.05) is 42.1 Å². The zero-order chi connectivity index (χ0) is 22.9. The molecule has 0 unspecified atom stereocenters. The quantitative estimate of drug-likeness (QED) is 0.622. The number of nitrogens with zero attached hydrogens (tertiary/aromatic N) is 3. The van der Waals surface area contributed by atoms with Gasteiger partial charge in [0.05, 0.1) is 13.0 Å². The van der Waals surface area contributed by atoms with Crippen molar-refractivity contribution in [3.63, 3.8) is 0 Å². The molecule has 0 radical (unpaired) electrons. The molecule has 2 aliphatic rings. The standard InChI is InChI=1S/C24H24N4O5/c1-27-10-9-25-23(27)22(15-3-6-18(31-2)7-4-15)26-24(30)16-11-21(29)28(13-16)17-5-8-19-20(12-17)33-14-32-19/h3-10,12,16,22H,11,13-14H2,1-2H3,(H,26,30)/t16-,22-/m1/s1. The van der Waals surface area contributed by atoms with E-state index in [4.69, 9.17) is 14.2 Å². The van der Waals surface area contributed by atoms with Crippen molar-refractivity contribution in [1.82, 2.24) is 14.9 Å². The number of aromatic nitrogens is 2. The Morgan fingerprint density at radius 3 is 2.70 bits per heavy atom. The van der Waals surface area contributed by atoms with E-state index in [0.29, 0.717) is 29.6 Å². The smallest absolute Gasteiger partial charge is 0.231 e. The predicted molar refractivity (Wildman–Crippen MR) is 119 cm³/mol. The monoisotopic (exact) mass is 448 g/mol. The molecular formula is C24H24N4O5. The SMILES string of the molecule is COc1ccc([C@@H](NC(=O)[C@@H]2CC(=O)N(c3ccc4c(c3)OCO4)C2)c2nccn2C)cc1. The Kier molecular flexibility index (Phi) is 5.37. The first-order chi connectivity index (χ1) is 16.0. The highest BCUT2D eigenvalue weighted by Gasteiger charge is 2.37. The summed E-state index contributed by atoms with van der Waals surface area (Å²) in [6.07, 6.45) is 3.66. The number of anilines is 1. The van der Waals surface area contributed by atoms with E-state index in [2.05, 4.69) is 10.3 Å². The van der Waals surface area contributed by atoms with Crippen LogP contribution >= 0.6 is 0 Å². The van der Waals surface area contributed by atoms with Crippen molar-refractivity contribution in [2.75, 3.05) is 25.3 Å². The summed E-state index contributed by atoms with van der Waals surface area (Å²) < 4.78 is 17.9. The fourth-order valence-electron chi connectivity index (χ4n) is 4.19. The summed E-state index contributed by atoms with van der Waals surface area (Å²) in [5.41, 5.74) is 1.56. The molecule has 3 aromatic rings. The van der Waals surface area contributed by atoms with Crippen molar-refractivity contribution in [3.8, 4) is 17.2 Å². The average Bonchev–Trinajstić information content (AvgIpc) is 3.56. The van der Waals surface area contributed by atoms with Crippen LogP contribution < -0.4 is 24.4 Å². The Morgan fingerprint density at radius 2 is 1.97 bits per heavy atom. The summed E-state index contributed by atoms with van der Waals surface area (Å²) >= 11 is 0. The lowest BCUT2D eigenvalue weighted by Gasteiger charge is -2.22. The van der Waals surface area contributed by atoms with Gasteiger partial charge in [-0.2, -0.15) is 0 Å². The van der Waals surface area contributed by atoms with Gasteiger partial charge in [0, 0.05) is 44.2 Å². The second-order valence-electron chi connectivity index (χ2n) is 8.05.